The van der Waals surface area contributed by atoms with Gasteiger partial charge in [-0.25, -0.2) is 4.79 Å². The molecular weight excluding hydrogens is 372 g/mol. The van der Waals surface area contributed by atoms with Gasteiger partial charge in [0.2, 0.25) is 17.7 Å². The number of nitrogens with one attached hydrogen (secondary N) is 3. The molecule has 1 saturated carbocycles. The summed E-state index contributed by atoms with van der Waals surface area (Å²) in [5.41, 5.74) is -1.03. The highest BCUT2D eigenvalue weighted by molar-refractivity contribution is 8.00. The van der Waals surface area contributed by atoms with Crippen molar-refractivity contribution in [1.82, 2.24) is 20.2 Å². The molecule has 0 aromatic carbocycles. The van der Waals surface area contributed by atoms with Crippen LogP contribution in [0.25, 0.3) is 0 Å². The van der Waals surface area contributed by atoms with Gasteiger partial charge in [-0.1, -0.05) is 6.42 Å². The van der Waals surface area contributed by atoms with E-state index in [0.717, 1.165) is 25.7 Å². The van der Waals surface area contributed by atoms with Crippen molar-refractivity contribution in [2.45, 2.75) is 43.6 Å². The minimum atomic E-state index is -0.579. The Morgan fingerprint density at radius 1 is 1.30 bits per heavy atom. The summed E-state index contributed by atoms with van der Waals surface area (Å²) in [6, 6.07) is 0. The molecule has 2 atom stereocenters. The minimum absolute atomic E-state index is 0.0150. The van der Waals surface area contributed by atoms with Crippen LogP contribution in [0.5, 0.6) is 5.88 Å². The average molecular weight is 394 g/mol. The average Bonchev–Trinajstić information content (AvgIpc) is 3.15. The van der Waals surface area contributed by atoms with Crippen molar-refractivity contribution in [2.24, 2.45) is 0 Å². The van der Waals surface area contributed by atoms with Crippen molar-refractivity contribution in [2.75, 3.05) is 24.7 Å². The molecule has 9 nitrogen and oxygen atoms in total. The number of thioether (sulfide) groups is 1. The Labute approximate surface area is 159 Å². The maximum Gasteiger partial charge on any atom is 0.328 e. The summed E-state index contributed by atoms with van der Waals surface area (Å²) in [5, 5.41) is 2.86. The zero-order valence-electron chi connectivity index (χ0n) is 14.8. The lowest BCUT2D eigenvalue weighted by Crippen LogP contribution is -2.45. The highest BCUT2D eigenvalue weighted by Gasteiger charge is 2.51. The van der Waals surface area contributed by atoms with Crippen LogP contribution in [-0.4, -0.2) is 57.0 Å². The van der Waals surface area contributed by atoms with Crippen molar-refractivity contribution in [3.05, 3.63) is 26.4 Å². The molecule has 0 bridgehead atoms. The van der Waals surface area contributed by atoms with E-state index < -0.39 is 16.9 Å². The first kappa shape index (κ1) is 18.1. The molecule has 2 amide bonds. The van der Waals surface area contributed by atoms with Crippen molar-refractivity contribution >= 4 is 23.6 Å². The highest BCUT2D eigenvalue weighted by Crippen LogP contribution is 2.51. The molecule has 146 valence electrons. The topological polar surface area (TPSA) is 124 Å². The molecule has 0 spiro atoms. The Balaban J connectivity index is 1.42. The first-order valence-corrected chi connectivity index (χ1v) is 10.3. The van der Waals surface area contributed by atoms with Gasteiger partial charge in [0.1, 0.15) is 12.1 Å². The molecule has 27 heavy (non-hydrogen) atoms. The molecule has 0 unspecified atom stereocenters. The van der Waals surface area contributed by atoms with E-state index in [9.17, 15) is 19.2 Å². The predicted octanol–water partition coefficient (Wildman–Crippen LogP) is -0.109. The van der Waals surface area contributed by atoms with E-state index in [1.807, 2.05) is 0 Å². The van der Waals surface area contributed by atoms with Crippen LogP contribution in [0, 0.1) is 0 Å². The maximum atomic E-state index is 12.3. The van der Waals surface area contributed by atoms with E-state index in [0.29, 0.717) is 30.2 Å². The molecule has 10 heteroatoms. The van der Waals surface area contributed by atoms with Crippen LogP contribution in [0.1, 0.15) is 43.6 Å². The van der Waals surface area contributed by atoms with Crippen LogP contribution in [-0.2, 0) is 9.59 Å². The number of H-pyrrole nitrogens is 2. The molecule has 1 saturated heterocycles. The Morgan fingerprint density at radius 3 is 2.93 bits per heavy atom. The first-order chi connectivity index (χ1) is 13.0. The largest absolute Gasteiger partial charge is 0.471 e. The van der Waals surface area contributed by atoms with Crippen molar-refractivity contribution in [3.63, 3.8) is 0 Å². The number of rotatable bonds is 5. The molecule has 3 heterocycles. The second-order valence-electron chi connectivity index (χ2n) is 7.29. The summed E-state index contributed by atoms with van der Waals surface area (Å²) >= 11 is 1.50. The van der Waals surface area contributed by atoms with Crippen LogP contribution in [0.4, 0.5) is 0 Å². The number of aromatic amines is 2. The van der Waals surface area contributed by atoms with Gasteiger partial charge in [-0.05, 0) is 19.3 Å². The fourth-order valence-corrected chi connectivity index (χ4v) is 5.25. The normalized spacial score (nSPS) is 26.4. The van der Waals surface area contributed by atoms with Crippen molar-refractivity contribution in [3.8, 4) is 5.88 Å². The first-order valence-electron chi connectivity index (χ1n) is 9.16. The lowest BCUT2D eigenvalue weighted by Gasteiger charge is -2.38. The van der Waals surface area contributed by atoms with Gasteiger partial charge in [-0.15, -0.1) is 11.8 Å². The van der Waals surface area contributed by atoms with Gasteiger partial charge < -0.3 is 15.0 Å². The minimum Gasteiger partial charge on any atom is -0.471 e. The van der Waals surface area contributed by atoms with E-state index in [1.54, 1.807) is 0 Å². The zero-order chi connectivity index (χ0) is 19.0. The predicted molar refractivity (Wildman–Crippen MR) is 98.9 cm³/mol. The number of fused-ring (bicyclic) bond motifs is 3. The number of amides is 2. The fourth-order valence-electron chi connectivity index (χ4n) is 4.35. The molecule has 1 aromatic rings. The second kappa shape index (κ2) is 7.06. The summed E-state index contributed by atoms with van der Waals surface area (Å²) in [4.78, 5) is 54.0. The molecule has 4 rings (SSSR count). The Morgan fingerprint density at radius 2 is 2.15 bits per heavy atom. The molecule has 1 aromatic heterocycles. The fraction of sp³-hybridized carbons (Fsp3) is 0.647. The van der Waals surface area contributed by atoms with Gasteiger partial charge in [0, 0.05) is 18.9 Å². The van der Waals surface area contributed by atoms with Gasteiger partial charge >= 0.3 is 5.69 Å². The van der Waals surface area contributed by atoms with Crippen LogP contribution in [0.3, 0.4) is 0 Å². The summed E-state index contributed by atoms with van der Waals surface area (Å²) in [7, 11) is 0. The highest BCUT2D eigenvalue weighted by atomic mass is 32.2. The molecule has 2 aliphatic heterocycles. The van der Waals surface area contributed by atoms with Gasteiger partial charge in [0.25, 0.3) is 5.56 Å². The molecule has 2 fully saturated rings. The molecule has 0 radical (unpaired) electrons. The number of ether oxygens (including phenoxy) is 1. The van der Waals surface area contributed by atoms with Crippen molar-refractivity contribution < 1.29 is 14.3 Å². The molecular formula is C17H22N4O5S. The van der Waals surface area contributed by atoms with E-state index in [1.165, 1.54) is 16.7 Å². The van der Waals surface area contributed by atoms with Crippen LogP contribution < -0.4 is 21.3 Å². The van der Waals surface area contributed by atoms with E-state index in [-0.39, 0.29) is 30.2 Å². The molecule has 3 N–H and O–H groups in total. The molecule has 1 aliphatic carbocycles. The monoisotopic (exact) mass is 394 g/mol. The number of nitrogens with zero attached hydrogens (tertiary/aromatic N) is 1. The smallest absolute Gasteiger partial charge is 0.328 e. The van der Waals surface area contributed by atoms with E-state index in [4.69, 9.17) is 4.74 Å². The summed E-state index contributed by atoms with van der Waals surface area (Å²) in [6.07, 6.45) is 4.09. The Bertz CT molecular complexity index is 881. The van der Waals surface area contributed by atoms with Crippen LogP contribution in [0.15, 0.2) is 9.59 Å². The van der Waals surface area contributed by atoms with Gasteiger partial charge in [0.05, 0.1) is 17.2 Å². The second-order valence-corrected chi connectivity index (χ2v) is 8.24. The number of hydrogen-bond acceptors (Lipinski definition) is 6. The van der Waals surface area contributed by atoms with E-state index in [2.05, 4.69) is 15.3 Å². The molecule has 3 aliphatic rings. The van der Waals surface area contributed by atoms with Crippen molar-refractivity contribution in [1.29, 1.82) is 0 Å². The summed E-state index contributed by atoms with van der Waals surface area (Å²) in [5.74, 6) is 0.941. The zero-order valence-corrected chi connectivity index (χ0v) is 15.7. The lowest BCUT2D eigenvalue weighted by molar-refractivity contribution is -0.132. The maximum absolute atomic E-state index is 12.3. The van der Waals surface area contributed by atoms with Crippen LogP contribution in [0.2, 0.25) is 0 Å². The quantitative estimate of drug-likeness (QED) is 0.640. The number of carbonyl (C=O) groups is 2. The van der Waals surface area contributed by atoms with Gasteiger partial charge in [-0.2, -0.15) is 0 Å². The number of aromatic nitrogens is 2. The standard InChI is InChI=1S/C17H22N4O5S/c22-11(7-21-9-27-8-12(21)23)18-6-5-17-4-2-1-3-10(17)13-14(24)19-16(25)20-15(13)26-17/h10H,1-9H2,(H,18,22)(H2,19,20,24,25)/t10-,17+/m1/s1. The summed E-state index contributed by atoms with van der Waals surface area (Å²) < 4.78 is 6.10. The SMILES string of the molecule is O=C(CN1CSCC1=O)NCC[C@@]12CCCC[C@@H]1c1c([nH]c(=O)[nH]c1=O)O2. The Hall–Kier alpha value is -2.23. The van der Waals surface area contributed by atoms with Crippen LogP contribution >= 0.6 is 11.8 Å². The van der Waals surface area contributed by atoms with Gasteiger partial charge in [-0.3, -0.25) is 24.4 Å². The van der Waals surface area contributed by atoms with Gasteiger partial charge in [0.15, 0.2) is 0 Å². The number of carbonyl (C=O) groups excluding carboxylic acids is 2. The lowest BCUT2D eigenvalue weighted by atomic mass is 9.72. The third-order valence-electron chi connectivity index (χ3n) is 5.61. The third kappa shape index (κ3) is 3.38. The van der Waals surface area contributed by atoms with E-state index >= 15 is 0 Å². The summed E-state index contributed by atoms with van der Waals surface area (Å²) in [6.45, 7) is 0.455. The number of hydrogen-bond donors (Lipinski definition) is 3. The Kier molecular flexibility index (Phi) is 4.75. The third-order valence-corrected chi connectivity index (χ3v) is 6.55.